The minimum Gasteiger partial charge on any atom is -0.376 e. The summed E-state index contributed by atoms with van der Waals surface area (Å²) in [4.78, 5) is 9.57. The number of guanidine groups is 1. The zero-order valence-electron chi connectivity index (χ0n) is 18.5. The Labute approximate surface area is 181 Å². The lowest BCUT2D eigenvalue weighted by molar-refractivity contribution is -0.0367. The number of piperidine rings is 1. The molecule has 30 heavy (non-hydrogen) atoms. The van der Waals surface area contributed by atoms with Crippen LogP contribution in [0.1, 0.15) is 44.1 Å². The summed E-state index contributed by atoms with van der Waals surface area (Å²) in [5.41, 5.74) is 1.40. The summed E-state index contributed by atoms with van der Waals surface area (Å²) < 4.78 is 11.8. The van der Waals surface area contributed by atoms with Gasteiger partial charge in [0, 0.05) is 45.9 Å². The Balaban J connectivity index is 1.19. The van der Waals surface area contributed by atoms with Gasteiger partial charge in [-0.15, -0.1) is 0 Å². The molecule has 6 heteroatoms. The van der Waals surface area contributed by atoms with E-state index in [2.05, 4.69) is 50.4 Å². The first-order chi connectivity index (χ1) is 14.8. The molecule has 3 heterocycles. The van der Waals surface area contributed by atoms with Gasteiger partial charge in [0.15, 0.2) is 5.96 Å². The van der Waals surface area contributed by atoms with Crippen LogP contribution in [0, 0.1) is 0 Å². The molecule has 1 aromatic rings. The lowest BCUT2D eigenvalue weighted by Gasteiger charge is -2.35. The molecule has 166 valence electrons. The topological polar surface area (TPSA) is 49.3 Å². The van der Waals surface area contributed by atoms with E-state index in [0.29, 0.717) is 18.2 Å². The molecule has 4 rings (SSSR count). The summed E-state index contributed by atoms with van der Waals surface area (Å²) in [6, 6.07) is 11.4. The van der Waals surface area contributed by atoms with Gasteiger partial charge in [-0.1, -0.05) is 30.3 Å². The third kappa shape index (κ3) is 5.96. The third-order valence-electron chi connectivity index (χ3n) is 6.72. The van der Waals surface area contributed by atoms with Crippen LogP contribution in [0.3, 0.4) is 0 Å². The second-order valence-electron chi connectivity index (χ2n) is 8.84. The Bertz CT molecular complexity index is 654. The van der Waals surface area contributed by atoms with E-state index in [4.69, 9.17) is 9.47 Å². The van der Waals surface area contributed by atoms with Gasteiger partial charge >= 0.3 is 0 Å². The van der Waals surface area contributed by atoms with Gasteiger partial charge in [-0.3, -0.25) is 9.89 Å². The van der Waals surface area contributed by atoms with Crippen LogP contribution < -0.4 is 5.32 Å². The maximum Gasteiger partial charge on any atom is 0.193 e. The zero-order valence-corrected chi connectivity index (χ0v) is 18.5. The van der Waals surface area contributed by atoms with E-state index in [1.165, 1.54) is 31.4 Å². The van der Waals surface area contributed by atoms with Crippen molar-refractivity contribution in [1.29, 1.82) is 0 Å². The van der Waals surface area contributed by atoms with Crippen molar-refractivity contribution in [2.24, 2.45) is 4.99 Å². The number of hydrogen-bond donors (Lipinski definition) is 1. The molecule has 3 aliphatic heterocycles. The van der Waals surface area contributed by atoms with Gasteiger partial charge in [-0.25, -0.2) is 0 Å². The lowest BCUT2D eigenvalue weighted by atomic mass is 10.1. The van der Waals surface area contributed by atoms with Gasteiger partial charge in [-0.05, 0) is 50.6 Å². The molecule has 6 nitrogen and oxygen atoms in total. The normalized spacial score (nSPS) is 26.4. The van der Waals surface area contributed by atoms with Gasteiger partial charge in [0.2, 0.25) is 0 Å². The number of nitrogens with one attached hydrogen (secondary N) is 1. The van der Waals surface area contributed by atoms with Crippen molar-refractivity contribution in [3.8, 4) is 0 Å². The highest BCUT2D eigenvalue weighted by Crippen LogP contribution is 2.20. The van der Waals surface area contributed by atoms with Gasteiger partial charge in [-0.2, -0.15) is 0 Å². The van der Waals surface area contributed by atoms with Crippen molar-refractivity contribution in [2.45, 2.75) is 63.3 Å². The predicted molar refractivity (Wildman–Crippen MR) is 121 cm³/mol. The molecular formula is C24H38N4O2. The highest BCUT2D eigenvalue weighted by molar-refractivity contribution is 5.80. The number of nitrogens with zero attached hydrogens (tertiary/aromatic N) is 3. The molecule has 1 aromatic carbocycles. The largest absolute Gasteiger partial charge is 0.376 e. The van der Waals surface area contributed by atoms with Crippen molar-refractivity contribution >= 4 is 5.96 Å². The van der Waals surface area contributed by atoms with Crippen molar-refractivity contribution in [2.75, 3.05) is 46.4 Å². The number of ether oxygens (including phenoxy) is 2. The minimum atomic E-state index is 0.322. The number of rotatable bonds is 7. The number of hydrogen-bond acceptors (Lipinski definition) is 4. The monoisotopic (exact) mass is 414 g/mol. The molecule has 2 atom stereocenters. The van der Waals surface area contributed by atoms with Gasteiger partial charge in [0.1, 0.15) is 0 Å². The van der Waals surface area contributed by atoms with Crippen LogP contribution in [0.5, 0.6) is 0 Å². The molecule has 3 aliphatic rings. The fourth-order valence-electron chi connectivity index (χ4n) is 4.95. The highest BCUT2D eigenvalue weighted by Gasteiger charge is 2.27. The summed E-state index contributed by atoms with van der Waals surface area (Å²) in [6.45, 7) is 6.87. The van der Waals surface area contributed by atoms with E-state index in [-0.39, 0.29) is 0 Å². The summed E-state index contributed by atoms with van der Waals surface area (Å²) in [5, 5.41) is 3.66. The molecule has 1 N–H and O–H groups in total. The van der Waals surface area contributed by atoms with E-state index < -0.39 is 0 Å². The van der Waals surface area contributed by atoms with E-state index in [1.54, 1.807) is 0 Å². The second kappa shape index (κ2) is 11.1. The molecular weight excluding hydrogens is 376 g/mol. The molecule has 0 aliphatic carbocycles. The molecule has 3 fully saturated rings. The molecule has 0 radical (unpaired) electrons. The molecule has 0 aromatic heterocycles. The Kier molecular flexibility index (Phi) is 8.01. The SMILES string of the molecule is CN=C(NCC1CCCN1Cc1ccccc1)N1CCC(OCC2CCCO2)CC1. The number of benzene rings is 1. The van der Waals surface area contributed by atoms with Crippen LogP contribution >= 0.6 is 0 Å². The molecule has 0 saturated carbocycles. The van der Waals surface area contributed by atoms with Crippen molar-refractivity contribution in [3.05, 3.63) is 35.9 Å². The first-order valence-electron chi connectivity index (χ1n) is 11.8. The van der Waals surface area contributed by atoms with Crippen LogP contribution in [0.4, 0.5) is 0 Å². The highest BCUT2D eigenvalue weighted by atomic mass is 16.5. The Morgan fingerprint density at radius 1 is 1.10 bits per heavy atom. The van der Waals surface area contributed by atoms with Gasteiger partial charge in [0.05, 0.1) is 18.8 Å². The van der Waals surface area contributed by atoms with Crippen LogP contribution in [0.15, 0.2) is 35.3 Å². The van der Waals surface area contributed by atoms with E-state index in [1.807, 2.05) is 7.05 Å². The van der Waals surface area contributed by atoms with Gasteiger partial charge < -0.3 is 19.7 Å². The summed E-state index contributed by atoms with van der Waals surface area (Å²) >= 11 is 0. The predicted octanol–water partition coefficient (Wildman–Crippen LogP) is 2.89. The Morgan fingerprint density at radius 2 is 1.93 bits per heavy atom. The molecule has 0 amide bonds. The summed E-state index contributed by atoms with van der Waals surface area (Å²) in [6.07, 6.45) is 7.69. The second-order valence-corrected chi connectivity index (χ2v) is 8.84. The van der Waals surface area contributed by atoms with Crippen LogP contribution in [0.2, 0.25) is 0 Å². The minimum absolute atomic E-state index is 0.322. The van der Waals surface area contributed by atoms with Crippen molar-refractivity contribution in [1.82, 2.24) is 15.1 Å². The molecule has 0 bridgehead atoms. The Hall–Kier alpha value is -1.63. The fourth-order valence-corrected chi connectivity index (χ4v) is 4.95. The third-order valence-corrected chi connectivity index (χ3v) is 6.72. The summed E-state index contributed by atoms with van der Waals surface area (Å²) in [5.74, 6) is 1.04. The van der Waals surface area contributed by atoms with E-state index in [9.17, 15) is 0 Å². The molecule has 0 spiro atoms. The first kappa shape index (κ1) is 21.6. The average molecular weight is 415 g/mol. The van der Waals surface area contributed by atoms with Crippen molar-refractivity contribution < 1.29 is 9.47 Å². The zero-order chi connectivity index (χ0) is 20.6. The maximum atomic E-state index is 6.12. The summed E-state index contributed by atoms with van der Waals surface area (Å²) in [7, 11) is 1.90. The number of likely N-dealkylation sites (tertiary alicyclic amines) is 2. The molecule has 3 saturated heterocycles. The fraction of sp³-hybridized carbons (Fsp3) is 0.708. The smallest absolute Gasteiger partial charge is 0.193 e. The van der Waals surface area contributed by atoms with E-state index in [0.717, 1.165) is 64.6 Å². The average Bonchev–Trinajstić information content (AvgIpc) is 3.46. The molecule has 2 unspecified atom stereocenters. The maximum absolute atomic E-state index is 6.12. The van der Waals surface area contributed by atoms with Crippen LogP contribution in [0.25, 0.3) is 0 Å². The lowest BCUT2D eigenvalue weighted by Crippen LogP contribution is -2.50. The Morgan fingerprint density at radius 3 is 2.67 bits per heavy atom. The van der Waals surface area contributed by atoms with Gasteiger partial charge in [0.25, 0.3) is 0 Å². The standard InChI is InChI=1S/C24H38N4O2/c1-25-24(27-14-11-22(12-15-27)30-19-23-10-6-16-29-23)26-17-21-9-5-13-28(21)18-20-7-3-2-4-8-20/h2-4,7-8,21-23H,5-6,9-19H2,1H3,(H,25,26). The van der Waals surface area contributed by atoms with Crippen LogP contribution in [-0.4, -0.2) is 80.4 Å². The van der Waals surface area contributed by atoms with E-state index >= 15 is 0 Å². The van der Waals surface area contributed by atoms with Crippen molar-refractivity contribution in [3.63, 3.8) is 0 Å². The number of aliphatic imine (C=N–C) groups is 1. The quantitative estimate of drug-likeness (QED) is 0.549. The van der Waals surface area contributed by atoms with Crippen LogP contribution in [-0.2, 0) is 16.0 Å². The first-order valence-corrected chi connectivity index (χ1v) is 11.8.